The van der Waals surface area contributed by atoms with Gasteiger partial charge < -0.3 is 21.1 Å². The van der Waals surface area contributed by atoms with Crippen molar-refractivity contribution in [1.82, 2.24) is 16.0 Å². The van der Waals surface area contributed by atoms with E-state index in [1.54, 1.807) is 20.8 Å². The molecule has 0 aliphatic rings. The van der Waals surface area contributed by atoms with Crippen molar-refractivity contribution in [3.8, 4) is 0 Å². The Morgan fingerprint density at radius 1 is 1.00 bits per heavy atom. The molecule has 0 aromatic rings. The minimum Gasteiger partial charge on any atom is -0.394 e. The van der Waals surface area contributed by atoms with Gasteiger partial charge in [0.1, 0.15) is 6.04 Å². The molecule has 0 aliphatic heterocycles. The molecule has 4 N–H and O–H groups in total. The molecule has 1 atom stereocenters. The van der Waals surface area contributed by atoms with Crippen LogP contribution in [0.2, 0.25) is 0 Å². The fourth-order valence-corrected chi connectivity index (χ4v) is 1.33. The average molecular weight is 301 g/mol. The highest BCUT2D eigenvalue weighted by atomic mass is 16.3. The van der Waals surface area contributed by atoms with Crippen LogP contribution < -0.4 is 16.0 Å². The van der Waals surface area contributed by atoms with Gasteiger partial charge in [-0.3, -0.25) is 19.2 Å². The molecule has 0 rings (SSSR count). The highest BCUT2D eigenvalue weighted by Gasteiger charge is 2.18. The molecule has 0 saturated heterocycles. The normalized spacial score (nSPS) is 11.7. The quantitative estimate of drug-likeness (QED) is 0.405. The molecule has 0 bridgehead atoms. The van der Waals surface area contributed by atoms with Gasteiger partial charge >= 0.3 is 0 Å². The lowest BCUT2D eigenvalue weighted by Gasteiger charge is -2.14. The summed E-state index contributed by atoms with van der Waals surface area (Å²) in [6, 6.07) is -0.958. The van der Waals surface area contributed by atoms with E-state index in [1.165, 1.54) is 0 Å². The molecule has 1 unspecified atom stereocenters. The highest BCUT2D eigenvalue weighted by Crippen LogP contribution is 1.91. The number of hydrogen-bond donors (Lipinski definition) is 4. The Kier molecular flexibility index (Phi) is 8.95. The summed E-state index contributed by atoms with van der Waals surface area (Å²) in [4.78, 5) is 45.5. The van der Waals surface area contributed by atoms with Crippen LogP contribution in [0.1, 0.15) is 27.2 Å². The van der Waals surface area contributed by atoms with Gasteiger partial charge in [0.15, 0.2) is 5.78 Å². The SMILES string of the molecule is CCC(=O)C(CO)NC(=O)CNC(=O)CNC(=O)C(C)C. The van der Waals surface area contributed by atoms with Crippen molar-refractivity contribution in [1.29, 1.82) is 0 Å². The van der Waals surface area contributed by atoms with Gasteiger partial charge in [-0.2, -0.15) is 0 Å². The third kappa shape index (κ3) is 8.03. The number of Topliss-reactive ketones (excluding diaryl/α,β-unsaturated/α-hetero) is 1. The van der Waals surface area contributed by atoms with Crippen LogP contribution in [0, 0.1) is 5.92 Å². The Balaban J connectivity index is 4.04. The van der Waals surface area contributed by atoms with Gasteiger partial charge in [-0.25, -0.2) is 0 Å². The third-order valence-electron chi connectivity index (χ3n) is 2.65. The zero-order chi connectivity index (χ0) is 16.4. The number of hydrogen-bond acceptors (Lipinski definition) is 5. The van der Waals surface area contributed by atoms with Crippen LogP contribution in [0.3, 0.4) is 0 Å². The number of amides is 3. The standard InChI is InChI=1S/C13H23N3O5/c1-4-10(18)9(7-17)16-12(20)6-14-11(19)5-15-13(21)8(2)3/h8-9,17H,4-7H2,1-3H3,(H,14,19)(H,15,21)(H,16,20). The molecule has 8 heteroatoms. The minimum absolute atomic E-state index is 0.194. The van der Waals surface area contributed by atoms with Crippen molar-refractivity contribution >= 4 is 23.5 Å². The topological polar surface area (TPSA) is 125 Å². The van der Waals surface area contributed by atoms with Gasteiger partial charge in [0.25, 0.3) is 0 Å². The Labute approximate surface area is 123 Å². The first-order valence-electron chi connectivity index (χ1n) is 6.79. The first kappa shape index (κ1) is 19.0. The Hall–Kier alpha value is -1.96. The van der Waals surface area contributed by atoms with Crippen molar-refractivity contribution in [2.24, 2.45) is 5.92 Å². The molecule has 120 valence electrons. The van der Waals surface area contributed by atoms with Crippen LogP contribution in [0.4, 0.5) is 0 Å². The molecule has 0 spiro atoms. The molecular formula is C13H23N3O5. The lowest BCUT2D eigenvalue weighted by molar-refractivity contribution is -0.130. The lowest BCUT2D eigenvalue weighted by Crippen LogP contribution is -2.48. The minimum atomic E-state index is -0.958. The van der Waals surface area contributed by atoms with E-state index in [-0.39, 0.29) is 37.1 Å². The molecule has 0 saturated carbocycles. The summed E-state index contributed by atoms with van der Waals surface area (Å²) < 4.78 is 0. The third-order valence-corrected chi connectivity index (χ3v) is 2.65. The molecule has 8 nitrogen and oxygen atoms in total. The summed E-state index contributed by atoms with van der Waals surface area (Å²) >= 11 is 0. The van der Waals surface area contributed by atoms with Crippen LogP contribution in [0.5, 0.6) is 0 Å². The van der Waals surface area contributed by atoms with Gasteiger partial charge in [0, 0.05) is 12.3 Å². The van der Waals surface area contributed by atoms with Crippen LogP contribution in [-0.2, 0) is 19.2 Å². The van der Waals surface area contributed by atoms with E-state index in [9.17, 15) is 19.2 Å². The zero-order valence-corrected chi connectivity index (χ0v) is 12.6. The van der Waals surface area contributed by atoms with Crippen molar-refractivity contribution in [3.05, 3.63) is 0 Å². The summed E-state index contributed by atoms with van der Waals surface area (Å²) in [5, 5.41) is 16.0. The van der Waals surface area contributed by atoms with E-state index in [4.69, 9.17) is 5.11 Å². The maximum Gasteiger partial charge on any atom is 0.240 e. The second-order valence-corrected chi connectivity index (χ2v) is 4.77. The summed E-state index contributed by atoms with van der Waals surface area (Å²) in [6.45, 7) is 3.97. The fourth-order valence-electron chi connectivity index (χ4n) is 1.33. The summed E-state index contributed by atoms with van der Waals surface area (Å²) in [5.74, 6) is -1.88. The Morgan fingerprint density at radius 2 is 1.57 bits per heavy atom. The number of carbonyl (C=O) groups is 4. The second kappa shape index (κ2) is 9.87. The molecule has 0 heterocycles. The Morgan fingerprint density at radius 3 is 2.05 bits per heavy atom. The predicted octanol–water partition coefficient (Wildman–Crippen LogP) is -1.67. The number of ketones is 1. The zero-order valence-electron chi connectivity index (χ0n) is 12.6. The van der Waals surface area contributed by atoms with Crippen molar-refractivity contribution in [3.63, 3.8) is 0 Å². The fraction of sp³-hybridized carbons (Fsp3) is 0.692. The van der Waals surface area contributed by atoms with E-state index in [0.717, 1.165) is 0 Å². The first-order valence-corrected chi connectivity index (χ1v) is 6.79. The Bertz CT molecular complexity index is 395. The molecule has 3 amide bonds. The van der Waals surface area contributed by atoms with Crippen LogP contribution in [0.15, 0.2) is 0 Å². The maximum atomic E-state index is 11.5. The molecular weight excluding hydrogens is 278 g/mol. The van der Waals surface area contributed by atoms with Crippen molar-refractivity contribution in [2.75, 3.05) is 19.7 Å². The summed E-state index contributed by atoms with van der Waals surface area (Å²) in [5.41, 5.74) is 0. The first-order chi connectivity index (χ1) is 9.81. The number of rotatable bonds is 9. The molecule has 21 heavy (non-hydrogen) atoms. The average Bonchev–Trinajstić information content (AvgIpc) is 2.46. The molecule has 0 aliphatic carbocycles. The van der Waals surface area contributed by atoms with Crippen LogP contribution in [0.25, 0.3) is 0 Å². The van der Waals surface area contributed by atoms with E-state index in [0.29, 0.717) is 0 Å². The molecule has 0 aromatic carbocycles. The van der Waals surface area contributed by atoms with Gasteiger partial charge in [-0.05, 0) is 0 Å². The van der Waals surface area contributed by atoms with Gasteiger partial charge in [-0.1, -0.05) is 20.8 Å². The summed E-state index contributed by atoms with van der Waals surface area (Å²) in [6.07, 6.45) is 0.194. The van der Waals surface area contributed by atoms with E-state index < -0.39 is 24.5 Å². The van der Waals surface area contributed by atoms with Crippen molar-refractivity contribution in [2.45, 2.75) is 33.2 Å². The van der Waals surface area contributed by atoms with Crippen molar-refractivity contribution < 1.29 is 24.3 Å². The largest absolute Gasteiger partial charge is 0.394 e. The monoisotopic (exact) mass is 301 g/mol. The van der Waals surface area contributed by atoms with Crippen LogP contribution >= 0.6 is 0 Å². The summed E-state index contributed by atoms with van der Waals surface area (Å²) in [7, 11) is 0. The number of aliphatic hydroxyl groups excluding tert-OH is 1. The second-order valence-electron chi connectivity index (χ2n) is 4.77. The number of nitrogens with one attached hydrogen (secondary N) is 3. The van der Waals surface area contributed by atoms with Gasteiger partial charge in [0.05, 0.1) is 19.7 Å². The van der Waals surface area contributed by atoms with E-state index in [1.807, 2.05) is 0 Å². The molecule has 0 aromatic heterocycles. The number of carbonyl (C=O) groups excluding carboxylic acids is 4. The maximum absolute atomic E-state index is 11.5. The lowest BCUT2D eigenvalue weighted by atomic mass is 10.1. The van der Waals surface area contributed by atoms with Gasteiger partial charge in [0.2, 0.25) is 17.7 Å². The molecule has 0 fully saturated rings. The molecule has 0 radical (unpaired) electrons. The predicted molar refractivity (Wildman–Crippen MR) is 75.2 cm³/mol. The smallest absolute Gasteiger partial charge is 0.240 e. The van der Waals surface area contributed by atoms with E-state index in [2.05, 4.69) is 16.0 Å². The number of aliphatic hydroxyl groups is 1. The van der Waals surface area contributed by atoms with E-state index >= 15 is 0 Å². The highest BCUT2D eigenvalue weighted by molar-refractivity contribution is 5.92. The van der Waals surface area contributed by atoms with Crippen LogP contribution in [-0.4, -0.2) is 54.3 Å². The van der Waals surface area contributed by atoms with Gasteiger partial charge in [-0.15, -0.1) is 0 Å².